The van der Waals surface area contributed by atoms with Gasteiger partial charge in [-0.2, -0.15) is 0 Å². The van der Waals surface area contributed by atoms with E-state index in [2.05, 4.69) is 4.90 Å². The van der Waals surface area contributed by atoms with E-state index in [0.717, 1.165) is 11.1 Å². The lowest BCUT2D eigenvalue weighted by molar-refractivity contribution is -0.384. The van der Waals surface area contributed by atoms with Crippen LogP contribution in [-0.4, -0.2) is 28.4 Å². The quantitative estimate of drug-likeness (QED) is 0.344. The number of nitro groups is 1. The van der Waals surface area contributed by atoms with Crippen LogP contribution < -0.4 is 0 Å². The van der Waals surface area contributed by atoms with Crippen LogP contribution in [0.1, 0.15) is 35.8 Å². The highest BCUT2D eigenvalue weighted by Gasteiger charge is 2.59. The molecule has 3 aromatic rings. The van der Waals surface area contributed by atoms with E-state index in [1.54, 1.807) is 12.1 Å². The summed E-state index contributed by atoms with van der Waals surface area (Å²) in [6, 6.07) is 25.0. The maximum atomic E-state index is 13.1. The van der Waals surface area contributed by atoms with Crippen molar-refractivity contribution in [3.8, 4) is 0 Å². The average molecular weight is 430 g/mol. The highest BCUT2D eigenvalue weighted by molar-refractivity contribution is 5.78. The molecule has 2 aliphatic rings. The summed E-state index contributed by atoms with van der Waals surface area (Å²) in [5.41, 5.74) is 1.72. The number of non-ortho nitro benzene ring substituents is 1. The molecule has 0 spiro atoms. The molecule has 7 heteroatoms. The van der Waals surface area contributed by atoms with Gasteiger partial charge in [-0.05, 0) is 35.7 Å². The van der Waals surface area contributed by atoms with Crippen LogP contribution in [0.5, 0.6) is 0 Å². The van der Waals surface area contributed by atoms with Gasteiger partial charge in [0.25, 0.3) is 5.69 Å². The number of benzene rings is 3. The molecule has 7 nitrogen and oxygen atoms in total. The van der Waals surface area contributed by atoms with Gasteiger partial charge in [0.15, 0.2) is 0 Å². The van der Waals surface area contributed by atoms with Gasteiger partial charge < -0.3 is 9.47 Å². The molecule has 3 aromatic carbocycles. The molecule has 0 unspecified atom stereocenters. The van der Waals surface area contributed by atoms with Crippen molar-refractivity contribution < 1.29 is 19.2 Å². The second-order valence-electron chi connectivity index (χ2n) is 8.14. The average Bonchev–Trinajstić information content (AvgIpc) is 3.16. The molecule has 162 valence electrons. The third-order valence-electron chi connectivity index (χ3n) is 6.32. The van der Waals surface area contributed by atoms with Crippen molar-refractivity contribution in [2.75, 3.05) is 6.61 Å². The van der Waals surface area contributed by atoms with Gasteiger partial charge in [-0.25, -0.2) is 4.90 Å². The molecule has 2 heterocycles. The van der Waals surface area contributed by atoms with Crippen LogP contribution in [0.2, 0.25) is 0 Å². The van der Waals surface area contributed by atoms with Gasteiger partial charge in [-0.1, -0.05) is 60.7 Å². The monoisotopic (exact) mass is 430 g/mol. The van der Waals surface area contributed by atoms with Crippen molar-refractivity contribution in [3.63, 3.8) is 0 Å². The van der Waals surface area contributed by atoms with Crippen molar-refractivity contribution in [2.45, 2.75) is 30.8 Å². The zero-order chi connectivity index (χ0) is 22.3. The van der Waals surface area contributed by atoms with E-state index in [-0.39, 0.29) is 24.3 Å². The lowest BCUT2D eigenvalue weighted by Gasteiger charge is -2.44. The number of morpholine rings is 1. The molecule has 0 aliphatic carbocycles. The van der Waals surface area contributed by atoms with Crippen molar-refractivity contribution in [1.29, 1.82) is 0 Å². The zero-order valence-electron chi connectivity index (χ0n) is 17.5. The van der Waals surface area contributed by atoms with Gasteiger partial charge in [0.2, 0.25) is 0 Å². The lowest BCUT2D eigenvalue weighted by atomic mass is 9.93. The second-order valence-corrected chi connectivity index (χ2v) is 8.14. The maximum absolute atomic E-state index is 13.1. The van der Waals surface area contributed by atoms with Crippen molar-refractivity contribution in [3.05, 3.63) is 112 Å². The normalized spacial score (nSPS) is 27.5. The first-order valence-electron chi connectivity index (χ1n) is 10.5. The number of carbonyl (C=O) groups excluding carboxylic acids is 1. The molecule has 2 aliphatic heterocycles. The Hall–Kier alpha value is -3.55. The zero-order valence-corrected chi connectivity index (χ0v) is 17.5. The molecule has 32 heavy (non-hydrogen) atoms. The Morgan fingerprint density at radius 3 is 2.19 bits per heavy atom. The van der Waals surface area contributed by atoms with Gasteiger partial charge >= 0.3 is 5.97 Å². The highest BCUT2D eigenvalue weighted by Crippen LogP contribution is 2.52. The molecular weight excluding hydrogens is 408 g/mol. The van der Waals surface area contributed by atoms with E-state index < -0.39 is 22.8 Å². The van der Waals surface area contributed by atoms with Crippen LogP contribution in [0.4, 0.5) is 5.69 Å². The first kappa shape index (κ1) is 20.4. The number of carbonyl (C=O) groups is 1. The molecule has 0 radical (unpaired) electrons. The van der Waals surface area contributed by atoms with Gasteiger partial charge in [-0.15, -0.1) is 0 Å². The molecule has 2 fully saturated rings. The molecule has 0 N–H and O–H groups in total. The van der Waals surface area contributed by atoms with Crippen molar-refractivity contribution >= 4 is 11.7 Å². The number of fused-ring (bicyclic) bond motifs is 1. The minimum Gasteiger partial charge on any atom is -0.462 e. The molecule has 5 rings (SSSR count). The van der Waals surface area contributed by atoms with Crippen LogP contribution in [0.3, 0.4) is 0 Å². The molecule has 0 saturated carbocycles. The minimum absolute atomic E-state index is 0.0113. The standard InChI is InChI=1S/C25H22N2O5/c1-25(19-10-6-3-7-11-19)26-21(17-8-4-2-5-9-17)16-31-24(28)22(26)23(32-25)18-12-14-20(15-13-18)27(29)30/h2-15,21-23H,16H2,1H3/t21-,22+,23-,25+/m1/s1. The largest absolute Gasteiger partial charge is 0.462 e. The molecule has 2 saturated heterocycles. The summed E-state index contributed by atoms with van der Waals surface area (Å²) in [7, 11) is 0. The third-order valence-corrected chi connectivity index (χ3v) is 6.32. The van der Waals surface area contributed by atoms with Gasteiger partial charge in [0, 0.05) is 12.1 Å². The Bertz CT molecular complexity index is 1140. The smallest absolute Gasteiger partial charge is 0.326 e. The first-order valence-corrected chi connectivity index (χ1v) is 10.5. The Morgan fingerprint density at radius 2 is 1.56 bits per heavy atom. The van der Waals surface area contributed by atoms with Crippen LogP contribution in [0, 0.1) is 10.1 Å². The maximum Gasteiger partial charge on any atom is 0.326 e. The Labute approximate surface area is 185 Å². The van der Waals surface area contributed by atoms with E-state index in [9.17, 15) is 14.9 Å². The highest BCUT2D eigenvalue weighted by atomic mass is 16.6. The molecule has 0 amide bonds. The van der Waals surface area contributed by atoms with E-state index in [1.165, 1.54) is 12.1 Å². The van der Waals surface area contributed by atoms with Crippen LogP contribution in [0.25, 0.3) is 0 Å². The number of hydrogen-bond acceptors (Lipinski definition) is 6. The Balaban J connectivity index is 1.63. The topological polar surface area (TPSA) is 81.9 Å². The second kappa shape index (κ2) is 7.85. The summed E-state index contributed by atoms with van der Waals surface area (Å²) in [5, 5.41) is 11.1. The van der Waals surface area contributed by atoms with Crippen molar-refractivity contribution in [2.24, 2.45) is 0 Å². The Kier molecular flexibility index (Phi) is 5.00. The molecular formula is C25H22N2O5. The number of nitro benzene ring substituents is 1. The summed E-state index contributed by atoms with van der Waals surface area (Å²) in [5.74, 6) is -0.361. The SMILES string of the molecule is C[C@@]1(c2ccccc2)O[C@H](c2ccc([N+](=O)[O-])cc2)[C@H]2C(=O)OC[C@H](c3ccccc3)N21. The van der Waals surface area contributed by atoms with Gasteiger partial charge in [-0.3, -0.25) is 14.9 Å². The molecule has 0 bridgehead atoms. The number of hydrogen-bond donors (Lipinski definition) is 0. The number of cyclic esters (lactones) is 1. The van der Waals surface area contributed by atoms with Crippen LogP contribution in [0.15, 0.2) is 84.9 Å². The fourth-order valence-corrected chi connectivity index (χ4v) is 4.77. The van der Waals surface area contributed by atoms with Crippen LogP contribution >= 0.6 is 0 Å². The van der Waals surface area contributed by atoms with E-state index in [1.807, 2.05) is 67.6 Å². The summed E-state index contributed by atoms with van der Waals surface area (Å²) >= 11 is 0. The Morgan fingerprint density at radius 1 is 0.938 bits per heavy atom. The van der Waals surface area contributed by atoms with Gasteiger partial charge in [0.1, 0.15) is 24.5 Å². The van der Waals surface area contributed by atoms with E-state index in [4.69, 9.17) is 9.47 Å². The van der Waals surface area contributed by atoms with E-state index in [0.29, 0.717) is 5.56 Å². The fourth-order valence-electron chi connectivity index (χ4n) is 4.77. The predicted octanol–water partition coefficient (Wildman–Crippen LogP) is 4.51. The molecule has 4 atom stereocenters. The molecule has 0 aromatic heterocycles. The first-order chi connectivity index (χ1) is 15.5. The summed E-state index contributed by atoms with van der Waals surface area (Å²) in [6.45, 7) is 2.19. The number of nitrogens with zero attached hydrogens (tertiary/aromatic N) is 2. The lowest BCUT2D eigenvalue weighted by Crippen LogP contribution is -2.54. The number of rotatable bonds is 4. The van der Waals surface area contributed by atoms with Gasteiger partial charge in [0.05, 0.1) is 11.0 Å². The summed E-state index contributed by atoms with van der Waals surface area (Å²) in [6.07, 6.45) is -0.639. The van der Waals surface area contributed by atoms with Crippen molar-refractivity contribution in [1.82, 2.24) is 4.90 Å². The number of ether oxygens (including phenoxy) is 2. The predicted molar refractivity (Wildman–Crippen MR) is 116 cm³/mol. The number of esters is 1. The summed E-state index contributed by atoms with van der Waals surface area (Å²) < 4.78 is 12.3. The summed E-state index contributed by atoms with van der Waals surface area (Å²) in [4.78, 5) is 25.8. The van der Waals surface area contributed by atoms with E-state index >= 15 is 0 Å². The fraction of sp³-hybridized carbons (Fsp3) is 0.240. The third kappa shape index (κ3) is 3.26. The van der Waals surface area contributed by atoms with Crippen LogP contribution in [-0.2, 0) is 20.0 Å². The minimum atomic E-state index is -0.904.